The Kier molecular flexibility index (Phi) is 3.41. The Labute approximate surface area is 117 Å². The van der Waals surface area contributed by atoms with Crippen molar-refractivity contribution in [2.45, 2.75) is 12.8 Å². The molecule has 2 heterocycles. The van der Waals surface area contributed by atoms with Crippen LogP contribution in [0.1, 0.15) is 23.2 Å². The molecule has 1 aliphatic rings. The van der Waals surface area contributed by atoms with Crippen LogP contribution in [0.3, 0.4) is 0 Å². The average Bonchev–Trinajstić information content (AvgIpc) is 3.13. The largest absolute Gasteiger partial charge is 0.360 e. The fourth-order valence-electron chi connectivity index (χ4n) is 2.59. The highest BCUT2D eigenvalue weighted by molar-refractivity contribution is 6.07. The zero-order chi connectivity index (χ0) is 13.9. The monoisotopic (exact) mass is 271 g/mol. The van der Waals surface area contributed by atoms with Crippen molar-refractivity contribution < 1.29 is 9.59 Å². The number of nitrogens with zero attached hydrogens (tertiary/aromatic N) is 1. The summed E-state index contributed by atoms with van der Waals surface area (Å²) in [6, 6.07) is 7.62. The van der Waals surface area contributed by atoms with Gasteiger partial charge in [0.05, 0.1) is 12.1 Å². The Balaban J connectivity index is 1.66. The van der Waals surface area contributed by atoms with E-state index in [1.165, 1.54) is 0 Å². The van der Waals surface area contributed by atoms with E-state index in [4.69, 9.17) is 0 Å². The first kappa shape index (κ1) is 12.7. The predicted molar refractivity (Wildman–Crippen MR) is 76.4 cm³/mol. The minimum atomic E-state index is -0.213. The summed E-state index contributed by atoms with van der Waals surface area (Å²) in [6.07, 6.45) is 3.80. The highest BCUT2D eigenvalue weighted by Crippen LogP contribution is 2.17. The third-order valence-electron chi connectivity index (χ3n) is 3.69. The molecular weight excluding hydrogens is 254 g/mol. The van der Waals surface area contributed by atoms with Crippen LogP contribution in [0, 0.1) is 0 Å². The lowest BCUT2D eigenvalue weighted by atomic mass is 10.1. The zero-order valence-electron chi connectivity index (χ0n) is 11.2. The molecule has 0 radical (unpaired) electrons. The Morgan fingerprint density at radius 2 is 1.95 bits per heavy atom. The summed E-state index contributed by atoms with van der Waals surface area (Å²) in [5, 5.41) is 3.58. The van der Waals surface area contributed by atoms with Crippen molar-refractivity contribution in [1.29, 1.82) is 0 Å². The van der Waals surface area contributed by atoms with Crippen molar-refractivity contribution in [3.05, 3.63) is 36.0 Å². The standard InChI is InChI=1S/C15H17N3O2/c19-14(18-7-3-4-8-18)10-17-15(20)12-9-16-13-6-2-1-5-11(12)13/h1-2,5-6,9,16H,3-4,7-8,10H2,(H,17,20). The number of rotatable bonds is 3. The van der Waals surface area contributed by atoms with E-state index in [0.29, 0.717) is 5.56 Å². The topological polar surface area (TPSA) is 65.2 Å². The van der Waals surface area contributed by atoms with Gasteiger partial charge in [0.2, 0.25) is 5.91 Å². The molecule has 0 spiro atoms. The van der Waals surface area contributed by atoms with Crippen molar-refractivity contribution >= 4 is 22.7 Å². The Morgan fingerprint density at radius 1 is 1.20 bits per heavy atom. The van der Waals surface area contributed by atoms with Crippen LogP contribution in [-0.2, 0) is 4.79 Å². The molecule has 0 bridgehead atoms. The lowest BCUT2D eigenvalue weighted by molar-refractivity contribution is -0.129. The van der Waals surface area contributed by atoms with Crippen molar-refractivity contribution in [2.75, 3.05) is 19.6 Å². The van der Waals surface area contributed by atoms with Crippen LogP contribution in [0.25, 0.3) is 10.9 Å². The molecule has 0 unspecified atom stereocenters. The molecule has 1 saturated heterocycles. The number of H-pyrrole nitrogens is 1. The molecule has 104 valence electrons. The third-order valence-corrected chi connectivity index (χ3v) is 3.69. The molecule has 5 heteroatoms. The van der Waals surface area contributed by atoms with E-state index >= 15 is 0 Å². The lowest BCUT2D eigenvalue weighted by Gasteiger charge is -2.15. The first-order valence-corrected chi connectivity index (χ1v) is 6.88. The second-order valence-corrected chi connectivity index (χ2v) is 5.02. The SMILES string of the molecule is O=C(NCC(=O)N1CCCC1)c1c[nH]c2ccccc12. The van der Waals surface area contributed by atoms with Gasteiger partial charge < -0.3 is 15.2 Å². The van der Waals surface area contributed by atoms with Gasteiger partial charge in [0.1, 0.15) is 0 Å². The molecule has 0 saturated carbocycles. The highest BCUT2D eigenvalue weighted by Gasteiger charge is 2.19. The molecule has 1 aliphatic heterocycles. The number of nitrogens with one attached hydrogen (secondary N) is 2. The summed E-state index contributed by atoms with van der Waals surface area (Å²) in [4.78, 5) is 28.9. The second-order valence-electron chi connectivity index (χ2n) is 5.02. The molecule has 5 nitrogen and oxygen atoms in total. The molecule has 2 aromatic rings. The fraction of sp³-hybridized carbons (Fsp3) is 0.333. The molecule has 1 aromatic carbocycles. The van der Waals surface area contributed by atoms with Crippen molar-refractivity contribution in [1.82, 2.24) is 15.2 Å². The molecular formula is C15H17N3O2. The summed E-state index contributed by atoms with van der Waals surface area (Å²) >= 11 is 0. The Morgan fingerprint density at radius 3 is 2.75 bits per heavy atom. The molecule has 20 heavy (non-hydrogen) atoms. The van der Waals surface area contributed by atoms with Crippen LogP contribution in [0.5, 0.6) is 0 Å². The molecule has 2 N–H and O–H groups in total. The van der Waals surface area contributed by atoms with Crippen LogP contribution in [0.15, 0.2) is 30.5 Å². The zero-order valence-corrected chi connectivity index (χ0v) is 11.2. The number of para-hydroxylation sites is 1. The van der Waals surface area contributed by atoms with Gasteiger partial charge in [-0.2, -0.15) is 0 Å². The number of aromatic nitrogens is 1. The first-order valence-electron chi connectivity index (χ1n) is 6.88. The molecule has 3 rings (SSSR count). The van der Waals surface area contributed by atoms with E-state index in [9.17, 15) is 9.59 Å². The molecule has 1 aromatic heterocycles. The summed E-state index contributed by atoms with van der Waals surface area (Å²) in [5.41, 5.74) is 1.50. The minimum absolute atomic E-state index is 0.00399. The van der Waals surface area contributed by atoms with Gasteiger partial charge in [0.15, 0.2) is 0 Å². The smallest absolute Gasteiger partial charge is 0.253 e. The maximum Gasteiger partial charge on any atom is 0.253 e. The Hall–Kier alpha value is -2.30. The summed E-state index contributed by atoms with van der Waals surface area (Å²) < 4.78 is 0. The lowest BCUT2D eigenvalue weighted by Crippen LogP contribution is -2.38. The number of hydrogen-bond donors (Lipinski definition) is 2. The average molecular weight is 271 g/mol. The van der Waals surface area contributed by atoms with Gasteiger partial charge in [-0.3, -0.25) is 9.59 Å². The van der Waals surface area contributed by atoms with E-state index in [2.05, 4.69) is 10.3 Å². The van der Waals surface area contributed by atoms with Crippen LogP contribution >= 0.6 is 0 Å². The quantitative estimate of drug-likeness (QED) is 0.889. The Bertz CT molecular complexity index is 641. The van der Waals surface area contributed by atoms with E-state index in [1.54, 1.807) is 11.1 Å². The molecule has 1 fully saturated rings. The number of carbonyl (C=O) groups excluding carboxylic acids is 2. The highest BCUT2D eigenvalue weighted by atomic mass is 16.2. The van der Waals surface area contributed by atoms with Crippen molar-refractivity contribution in [2.24, 2.45) is 0 Å². The maximum atomic E-state index is 12.1. The number of likely N-dealkylation sites (tertiary alicyclic amines) is 1. The van der Waals surface area contributed by atoms with Gasteiger partial charge >= 0.3 is 0 Å². The molecule has 0 atom stereocenters. The molecule has 0 aliphatic carbocycles. The molecule has 2 amide bonds. The normalized spacial score (nSPS) is 14.7. The van der Waals surface area contributed by atoms with E-state index in [1.807, 2.05) is 24.3 Å². The van der Waals surface area contributed by atoms with E-state index in [0.717, 1.165) is 36.8 Å². The third kappa shape index (κ3) is 2.39. The van der Waals surface area contributed by atoms with Crippen LogP contribution in [-0.4, -0.2) is 41.3 Å². The number of aromatic amines is 1. The second kappa shape index (κ2) is 5.36. The van der Waals surface area contributed by atoms with Crippen molar-refractivity contribution in [3.63, 3.8) is 0 Å². The van der Waals surface area contributed by atoms with E-state index in [-0.39, 0.29) is 18.4 Å². The number of hydrogen-bond acceptors (Lipinski definition) is 2. The summed E-state index contributed by atoms with van der Waals surface area (Å²) in [6.45, 7) is 1.68. The van der Waals surface area contributed by atoms with Gasteiger partial charge in [0.25, 0.3) is 5.91 Å². The van der Waals surface area contributed by atoms with Crippen molar-refractivity contribution in [3.8, 4) is 0 Å². The first-order chi connectivity index (χ1) is 9.75. The number of carbonyl (C=O) groups is 2. The van der Waals surface area contributed by atoms with Gasteiger partial charge in [0, 0.05) is 30.2 Å². The van der Waals surface area contributed by atoms with Crippen LogP contribution < -0.4 is 5.32 Å². The number of fused-ring (bicyclic) bond motifs is 1. The number of benzene rings is 1. The fourth-order valence-corrected chi connectivity index (χ4v) is 2.59. The maximum absolute atomic E-state index is 12.1. The van der Waals surface area contributed by atoms with Crippen LogP contribution in [0.2, 0.25) is 0 Å². The van der Waals surface area contributed by atoms with Gasteiger partial charge in [-0.1, -0.05) is 18.2 Å². The van der Waals surface area contributed by atoms with Crippen LogP contribution in [0.4, 0.5) is 0 Å². The van der Waals surface area contributed by atoms with Gasteiger partial charge in [-0.15, -0.1) is 0 Å². The number of amides is 2. The van der Waals surface area contributed by atoms with Gasteiger partial charge in [-0.25, -0.2) is 0 Å². The summed E-state index contributed by atoms with van der Waals surface area (Å²) in [5.74, 6) is -0.217. The van der Waals surface area contributed by atoms with E-state index < -0.39 is 0 Å². The van der Waals surface area contributed by atoms with Gasteiger partial charge in [-0.05, 0) is 18.9 Å². The predicted octanol–water partition coefficient (Wildman–Crippen LogP) is 1.52. The summed E-state index contributed by atoms with van der Waals surface area (Å²) in [7, 11) is 0. The minimum Gasteiger partial charge on any atom is -0.360 e.